The number of nitrogens with one attached hydrogen (secondary N) is 1. The first kappa shape index (κ1) is 22.0. The van der Waals surface area contributed by atoms with Gasteiger partial charge in [0.15, 0.2) is 5.65 Å². The monoisotopic (exact) mass is 412 g/mol. The maximum atomic E-state index is 12.3. The van der Waals surface area contributed by atoms with E-state index in [4.69, 9.17) is 16.7 Å². The van der Waals surface area contributed by atoms with Gasteiger partial charge in [0.2, 0.25) is 5.91 Å². The van der Waals surface area contributed by atoms with E-state index in [1.165, 1.54) is 0 Å². The van der Waals surface area contributed by atoms with E-state index in [1.807, 2.05) is 18.2 Å². The van der Waals surface area contributed by atoms with Crippen LogP contribution in [-0.4, -0.2) is 38.1 Å². The fraction of sp³-hybridized carbons (Fsp3) is 0.222. The predicted molar refractivity (Wildman–Crippen MR) is 99.0 cm³/mol. The van der Waals surface area contributed by atoms with Gasteiger partial charge >= 0.3 is 57.4 Å². The van der Waals surface area contributed by atoms with Gasteiger partial charge in [-0.3, -0.25) is 14.2 Å². The standard InChI is InChI=1S/C18H17ClN4O3.K.H/c19-13-7-5-12(6-8-13)17-22-14-3-1-10-21-18(14)23(17)11-15(24)20-9-2-4-16(25)26;;/h1,3,5-8,10H,2,4,9,11H2,(H,20,24)(H,25,26);;/q;+1;-1. The van der Waals surface area contributed by atoms with Gasteiger partial charge in [-0.15, -0.1) is 0 Å². The van der Waals surface area contributed by atoms with Crippen molar-refractivity contribution in [3.8, 4) is 11.4 Å². The van der Waals surface area contributed by atoms with Crippen LogP contribution in [0.25, 0.3) is 22.6 Å². The van der Waals surface area contributed by atoms with Crippen LogP contribution in [0.5, 0.6) is 0 Å². The molecule has 9 heteroatoms. The number of benzene rings is 1. The van der Waals surface area contributed by atoms with Gasteiger partial charge in [0.1, 0.15) is 17.9 Å². The first-order valence-corrected chi connectivity index (χ1v) is 8.48. The van der Waals surface area contributed by atoms with Gasteiger partial charge in [0, 0.05) is 29.7 Å². The van der Waals surface area contributed by atoms with E-state index in [9.17, 15) is 9.59 Å². The summed E-state index contributed by atoms with van der Waals surface area (Å²) in [4.78, 5) is 31.7. The summed E-state index contributed by atoms with van der Waals surface area (Å²) >= 11 is 5.95. The average Bonchev–Trinajstić information content (AvgIpc) is 2.98. The van der Waals surface area contributed by atoms with Gasteiger partial charge in [0.25, 0.3) is 0 Å². The van der Waals surface area contributed by atoms with E-state index >= 15 is 0 Å². The Balaban J connectivity index is 0.00000196. The molecule has 7 nitrogen and oxygen atoms in total. The Kier molecular flexibility index (Phi) is 8.40. The fourth-order valence-electron chi connectivity index (χ4n) is 2.59. The summed E-state index contributed by atoms with van der Waals surface area (Å²) in [5, 5.41) is 12.0. The molecule has 0 saturated carbocycles. The van der Waals surface area contributed by atoms with Gasteiger partial charge in [-0.2, -0.15) is 0 Å². The number of aromatic nitrogens is 3. The zero-order valence-electron chi connectivity index (χ0n) is 15.9. The number of halogens is 1. The Morgan fingerprint density at radius 1 is 1.22 bits per heavy atom. The number of amides is 1. The van der Waals surface area contributed by atoms with Crippen LogP contribution < -0.4 is 56.7 Å². The minimum absolute atomic E-state index is 0. The van der Waals surface area contributed by atoms with E-state index in [0.29, 0.717) is 35.0 Å². The van der Waals surface area contributed by atoms with E-state index in [-0.39, 0.29) is 71.7 Å². The fourth-order valence-corrected chi connectivity index (χ4v) is 2.72. The number of hydrogen-bond acceptors (Lipinski definition) is 4. The second-order valence-electron chi connectivity index (χ2n) is 5.72. The first-order valence-electron chi connectivity index (χ1n) is 8.10. The van der Waals surface area contributed by atoms with Crippen LogP contribution in [0.2, 0.25) is 5.02 Å². The third-order valence-electron chi connectivity index (χ3n) is 3.80. The zero-order valence-corrected chi connectivity index (χ0v) is 18.7. The number of carboxylic acids is 1. The minimum Gasteiger partial charge on any atom is -1.00 e. The number of imidazole rings is 1. The zero-order chi connectivity index (χ0) is 18.5. The van der Waals surface area contributed by atoms with Crippen LogP contribution in [0.3, 0.4) is 0 Å². The Morgan fingerprint density at radius 3 is 2.67 bits per heavy atom. The Labute approximate surface area is 205 Å². The molecule has 2 N–H and O–H groups in total. The van der Waals surface area contributed by atoms with E-state index in [0.717, 1.165) is 5.56 Å². The summed E-state index contributed by atoms with van der Waals surface area (Å²) in [6.45, 7) is 0.347. The third kappa shape index (κ3) is 5.84. The number of hydrogen-bond donors (Lipinski definition) is 2. The Hall–Kier alpha value is -1.29. The summed E-state index contributed by atoms with van der Waals surface area (Å²) in [6, 6.07) is 10.8. The molecule has 0 bridgehead atoms. The molecule has 0 spiro atoms. The van der Waals surface area contributed by atoms with Crippen LogP contribution in [-0.2, 0) is 16.1 Å². The smallest absolute Gasteiger partial charge is 1.00 e. The molecule has 0 aliphatic rings. The van der Waals surface area contributed by atoms with Crippen LogP contribution in [0.4, 0.5) is 0 Å². The van der Waals surface area contributed by atoms with Gasteiger partial charge in [-0.05, 0) is 42.8 Å². The molecule has 2 aromatic heterocycles. The molecule has 3 aromatic rings. The van der Waals surface area contributed by atoms with Crippen LogP contribution in [0, 0.1) is 0 Å². The van der Waals surface area contributed by atoms with Crippen molar-refractivity contribution in [1.29, 1.82) is 0 Å². The number of rotatable bonds is 7. The van der Waals surface area contributed by atoms with E-state index in [2.05, 4.69) is 15.3 Å². The molecule has 0 aliphatic heterocycles. The third-order valence-corrected chi connectivity index (χ3v) is 4.05. The second kappa shape index (κ2) is 10.3. The summed E-state index contributed by atoms with van der Waals surface area (Å²) in [7, 11) is 0. The van der Waals surface area contributed by atoms with Crippen molar-refractivity contribution in [3.05, 3.63) is 47.6 Å². The molecule has 136 valence electrons. The summed E-state index contributed by atoms with van der Waals surface area (Å²) in [5.74, 6) is -0.485. The molecule has 0 aliphatic carbocycles. The number of carbonyl (C=O) groups excluding carboxylic acids is 1. The molecule has 0 saturated heterocycles. The van der Waals surface area contributed by atoms with Gasteiger partial charge in [0.05, 0.1) is 0 Å². The maximum absolute atomic E-state index is 12.3. The number of nitrogens with zero attached hydrogens (tertiary/aromatic N) is 3. The van der Waals surface area contributed by atoms with Crippen molar-refractivity contribution in [2.45, 2.75) is 19.4 Å². The van der Waals surface area contributed by atoms with Crippen molar-refractivity contribution in [1.82, 2.24) is 19.9 Å². The molecule has 0 atom stereocenters. The maximum Gasteiger partial charge on any atom is 1.00 e. The summed E-state index contributed by atoms with van der Waals surface area (Å²) < 4.78 is 1.74. The van der Waals surface area contributed by atoms with Crippen molar-refractivity contribution in [2.24, 2.45) is 0 Å². The normalized spacial score (nSPS) is 10.4. The van der Waals surface area contributed by atoms with Gasteiger partial charge < -0.3 is 11.8 Å². The molecule has 2 heterocycles. The van der Waals surface area contributed by atoms with Crippen LogP contribution >= 0.6 is 11.6 Å². The molecule has 0 radical (unpaired) electrons. The van der Waals surface area contributed by atoms with Crippen molar-refractivity contribution < 1.29 is 67.5 Å². The molecule has 3 rings (SSSR count). The summed E-state index contributed by atoms with van der Waals surface area (Å²) in [5.41, 5.74) is 2.13. The van der Waals surface area contributed by atoms with Gasteiger partial charge in [-0.1, -0.05) is 11.6 Å². The quantitative estimate of drug-likeness (QED) is 0.415. The molecular weight excluding hydrogens is 395 g/mol. The average molecular weight is 413 g/mol. The summed E-state index contributed by atoms with van der Waals surface area (Å²) in [6.07, 6.45) is 2.05. The SMILES string of the molecule is O=C(O)CCCNC(=O)Cn1c(-c2ccc(Cl)cc2)nc2cccnc21.[H-].[K+]. The Bertz CT molecular complexity index is 950. The van der Waals surface area contributed by atoms with E-state index in [1.54, 1.807) is 29.0 Å². The predicted octanol–water partition coefficient (Wildman–Crippen LogP) is -0.151. The molecule has 1 aromatic carbocycles. The van der Waals surface area contributed by atoms with Crippen LogP contribution in [0.15, 0.2) is 42.6 Å². The first-order chi connectivity index (χ1) is 12.5. The Morgan fingerprint density at radius 2 is 1.96 bits per heavy atom. The molecule has 1 amide bonds. The number of carbonyl (C=O) groups is 2. The minimum atomic E-state index is -0.880. The number of fused-ring (bicyclic) bond motifs is 1. The van der Waals surface area contributed by atoms with Crippen LogP contribution in [0.1, 0.15) is 14.3 Å². The van der Waals surface area contributed by atoms with Crippen molar-refractivity contribution in [2.75, 3.05) is 6.54 Å². The molecule has 27 heavy (non-hydrogen) atoms. The molecular formula is C18H18ClKN4O3. The molecule has 0 unspecified atom stereocenters. The van der Waals surface area contributed by atoms with E-state index < -0.39 is 5.97 Å². The van der Waals surface area contributed by atoms with Gasteiger partial charge in [-0.25, -0.2) is 9.97 Å². The largest absolute Gasteiger partial charge is 1.00 e. The van der Waals surface area contributed by atoms with Crippen molar-refractivity contribution >= 4 is 34.6 Å². The second-order valence-corrected chi connectivity index (χ2v) is 6.16. The molecule has 0 fully saturated rings. The number of pyridine rings is 1. The number of aliphatic carboxylic acids is 1. The topological polar surface area (TPSA) is 97.1 Å². The number of carboxylic acid groups (broad SMARTS) is 1. The van der Waals surface area contributed by atoms with Crippen molar-refractivity contribution in [3.63, 3.8) is 0 Å².